The van der Waals surface area contributed by atoms with E-state index in [9.17, 15) is 14.7 Å². The van der Waals surface area contributed by atoms with Gasteiger partial charge >= 0.3 is 5.97 Å². The number of hydrogen-bond acceptors (Lipinski definition) is 3. The molecular formula is C14H19ClN2O4. The van der Waals surface area contributed by atoms with E-state index in [0.717, 1.165) is 0 Å². The minimum atomic E-state index is -1.02. The number of aromatic nitrogens is 1. The van der Waals surface area contributed by atoms with Gasteiger partial charge < -0.3 is 19.3 Å². The fraction of sp³-hybridized carbons (Fsp3) is 0.571. The number of carboxylic acids is 1. The zero-order valence-electron chi connectivity index (χ0n) is 12.2. The molecule has 1 aliphatic heterocycles. The zero-order valence-corrected chi connectivity index (χ0v) is 13.0. The molecule has 2 unspecified atom stereocenters. The van der Waals surface area contributed by atoms with Crippen LogP contribution in [0.4, 0.5) is 0 Å². The molecule has 7 heteroatoms. The number of rotatable bonds is 4. The number of aliphatic carboxylic acids is 1. The average molecular weight is 315 g/mol. The van der Waals surface area contributed by atoms with Gasteiger partial charge in [0.15, 0.2) is 0 Å². The highest BCUT2D eigenvalue weighted by Gasteiger charge is 2.41. The van der Waals surface area contributed by atoms with Gasteiger partial charge in [0, 0.05) is 32.3 Å². The number of nitrogens with zero attached hydrogens (tertiary/aromatic N) is 2. The summed E-state index contributed by atoms with van der Waals surface area (Å²) in [5.74, 6) is -1.35. The topological polar surface area (TPSA) is 71.8 Å². The van der Waals surface area contributed by atoms with Gasteiger partial charge in [-0.05, 0) is 19.9 Å². The maximum absolute atomic E-state index is 12.7. The van der Waals surface area contributed by atoms with E-state index in [0.29, 0.717) is 17.1 Å². The molecule has 1 amide bonds. The van der Waals surface area contributed by atoms with E-state index in [-0.39, 0.29) is 24.6 Å². The fourth-order valence-corrected chi connectivity index (χ4v) is 2.83. The summed E-state index contributed by atoms with van der Waals surface area (Å²) in [6.07, 6.45) is 1.72. The molecule has 2 rings (SSSR count). The second kappa shape index (κ2) is 6.07. The Morgan fingerprint density at radius 1 is 1.48 bits per heavy atom. The molecule has 2 heterocycles. The Morgan fingerprint density at radius 3 is 2.67 bits per heavy atom. The third-order valence-corrected chi connectivity index (χ3v) is 3.94. The van der Waals surface area contributed by atoms with E-state index >= 15 is 0 Å². The van der Waals surface area contributed by atoms with Crippen LogP contribution in [0.5, 0.6) is 0 Å². The highest BCUT2D eigenvalue weighted by molar-refractivity contribution is 6.31. The third kappa shape index (κ3) is 3.06. The number of halogens is 1. The first kappa shape index (κ1) is 15.9. The summed E-state index contributed by atoms with van der Waals surface area (Å²) in [5.41, 5.74) is 0.401. The molecule has 1 aromatic rings. The van der Waals surface area contributed by atoms with Crippen LogP contribution in [0.15, 0.2) is 12.3 Å². The van der Waals surface area contributed by atoms with E-state index in [1.807, 2.05) is 13.8 Å². The van der Waals surface area contributed by atoms with Gasteiger partial charge in [-0.2, -0.15) is 0 Å². The smallest absolute Gasteiger partial charge is 0.326 e. The van der Waals surface area contributed by atoms with E-state index in [1.165, 1.54) is 12.0 Å². The summed E-state index contributed by atoms with van der Waals surface area (Å²) in [6.45, 7) is 4.14. The number of amides is 1. The molecular weight excluding hydrogens is 296 g/mol. The van der Waals surface area contributed by atoms with Crippen LogP contribution in [0.25, 0.3) is 0 Å². The van der Waals surface area contributed by atoms with E-state index in [1.54, 1.807) is 16.8 Å². The summed E-state index contributed by atoms with van der Waals surface area (Å²) >= 11 is 5.98. The first-order valence-corrected chi connectivity index (χ1v) is 7.16. The van der Waals surface area contributed by atoms with Crippen molar-refractivity contribution in [3.05, 3.63) is 23.0 Å². The lowest BCUT2D eigenvalue weighted by Gasteiger charge is -2.23. The molecule has 1 fully saturated rings. The number of carboxylic acid groups (broad SMARTS) is 1. The Kier molecular flexibility index (Phi) is 4.58. The Balaban J connectivity index is 2.32. The molecule has 21 heavy (non-hydrogen) atoms. The number of likely N-dealkylation sites (tertiary alicyclic amines) is 1. The van der Waals surface area contributed by atoms with Crippen molar-refractivity contribution in [2.24, 2.45) is 0 Å². The van der Waals surface area contributed by atoms with Gasteiger partial charge in [0.05, 0.1) is 11.1 Å². The molecule has 0 spiro atoms. The van der Waals surface area contributed by atoms with Crippen molar-refractivity contribution in [3.63, 3.8) is 0 Å². The summed E-state index contributed by atoms with van der Waals surface area (Å²) in [5, 5.41) is 9.75. The minimum Gasteiger partial charge on any atom is -0.480 e. The summed E-state index contributed by atoms with van der Waals surface area (Å²) in [6, 6.07) is 0.764. The monoisotopic (exact) mass is 314 g/mol. The number of methoxy groups -OCH3 is 1. The first-order chi connectivity index (χ1) is 9.85. The first-order valence-electron chi connectivity index (χ1n) is 6.79. The molecule has 6 nitrogen and oxygen atoms in total. The van der Waals surface area contributed by atoms with E-state index in [4.69, 9.17) is 16.3 Å². The lowest BCUT2D eigenvalue weighted by Crippen LogP contribution is -2.41. The zero-order chi connectivity index (χ0) is 15.7. The minimum absolute atomic E-state index is 0.0561. The Hall–Kier alpha value is -1.53. The molecule has 1 aromatic heterocycles. The van der Waals surface area contributed by atoms with Crippen LogP contribution in [0.2, 0.25) is 5.02 Å². The van der Waals surface area contributed by atoms with Crippen molar-refractivity contribution in [3.8, 4) is 0 Å². The van der Waals surface area contributed by atoms with Crippen molar-refractivity contribution in [2.75, 3.05) is 13.7 Å². The Bertz CT molecular complexity index is 555. The molecule has 1 N–H and O–H groups in total. The van der Waals surface area contributed by atoms with Gasteiger partial charge in [-0.3, -0.25) is 4.79 Å². The predicted octanol–water partition coefficient (Wildman–Crippen LogP) is 2.04. The largest absolute Gasteiger partial charge is 0.480 e. The molecule has 0 bridgehead atoms. The van der Waals surface area contributed by atoms with Gasteiger partial charge in [0.2, 0.25) is 0 Å². The highest BCUT2D eigenvalue weighted by atomic mass is 35.5. The summed E-state index contributed by atoms with van der Waals surface area (Å²) in [4.78, 5) is 25.4. The predicted molar refractivity (Wildman–Crippen MR) is 77.7 cm³/mol. The number of carbonyl (C=O) groups excluding carboxylic acids is 1. The molecule has 1 saturated heterocycles. The van der Waals surface area contributed by atoms with Crippen LogP contribution in [-0.4, -0.2) is 52.3 Å². The third-order valence-electron chi connectivity index (χ3n) is 3.73. The number of hydrogen-bond donors (Lipinski definition) is 1. The second-order valence-electron chi connectivity index (χ2n) is 5.45. The highest BCUT2D eigenvalue weighted by Crippen LogP contribution is 2.26. The molecule has 0 aliphatic carbocycles. The molecule has 2 atom stereocenters. The maximum Gasteiger partial charge on any atom is 0.326 e. The van der Waals surface area contributed by atoms with Gasteiger partial charge in [0.1, 0.15) is 11.7 Å². The lowest BCUT2D eigenvalue weighted by molar-refractivity contribution is -0.141. The molecule has 0 radical (unpaired) electrons. The standard InChI is InChI=1S/C14H19ClN2O4/c1-8(2)16-6-9(15)4-11(16)13(18)17-7-10(21-3)5-12(17)14(19)20/h4,6,8,10,12H,5,7H2,1-3H3,(H,19,20). The van der Waals surface area contributed by atoms with Crippen LogP contribution in [-0.2, 0) is 9.53 Å². The van der Waals surface area contributed by atoms with Crippen molar-refractivity contribution in [2.45, 2.75) is 38.5 Å². The fourth-order valence-electron chi connectivity index (χ4n) is 2.62. The van der Waals surface area contributed by atoms with Crippen LogP contribution in [0, 0.1) is 0 Å². The van der Waals surface area contributed by atoms with Gasteiger partial charge in [-0.15, -0.1) is 0 Å². The van der Waals surface area contributed by atoms with Gasteiger partial charge in [0.25, 0.3) is 5.91 Å². The molecule has 0 aromatic carbocycles. The van der Waals surface area contributed by atoms with Crippen molar-refractivity contribution in [1.82, 2.24) is 9.47 Å². The molecule has 0 saturated carbocycles. The SMILES string of the molecule is COC1CC(C(=O)O)N(C(=O)c2cc(Cl)cn2C(C)C)C1. The quantitative estimate of drug-likeness (QED) is 0.923. The molecule has 116 valence electrons. The summed E-state index contributed by atoms with van der Waals surface area (Å²) in [7, 11) is 1.52. The van der Waals surface area contributed by atoms with Crippen molar-refractivity contribution >= 4 is 23.5 Å². The average Bonchev–Trinajstić information content (AvgIpc) is 3.01. The molecule has 1 aliphatic rings. The van der Waals surface area contributed by atoms with Crippen LogP contribution < -0.4 is 0 Å². The number of carbonyl (C=O) groups is 2. The Morgan fingerprint density at radius 2 is 2.14 bits per heavy atom. The van der Waals surface area contributed by atoms with Crippen molar-refractivity contribution in [1.29, 1.82) is 0 Å². The normalized spacial score (nSPS) is 22.0. The maximum atomic E-state index is 12.7. The van der Waals surface area contributed by atoms with Crippen LogP contribution in [0.1, 0.15) is 36.8 Å². The van der Waals surface area contributed by atoms with Crippen LogP contribution in [0.3, 0.4) is 0 Å². The lowest BCUT2D eigenvalue weighted by atomic mass is 10.2. The van der Waals surface area contributed by atoms with Crippen LogP contribution >= 0.6 is 11.6 Å². The summed E-state index contributed by atoms with van der Waals surface area (Å²) < 4.78 is 6.95. The number of ether oxygens (including phenoxy) is 1. The second-order valence-corrected chi connectivity index (χ2v) is 5.89. The van der Waals surface area contributed by atoms with E-state index < -0.39 is 12.0 Å². The van der Waals surface area contributed by atoms with E-state index in [2.05, 4.69) is 0 Å². The van der Waals surface area contributed by atoms with Crippen molar-refractivity contribution < 1.29 is 19.4 Å². The Labute approximate surface area is 128 Å². The van der Waals surface area contributed by atoms with Gasteiger partial charge in [-0.25, -0.2) is 4.79 Å². The van der Waals surface area contributed by atoms with Gasteiger partial charge in [-0.1, -0.05) is 11.6 Å².